The number of nitrogens with two attached hydrogens (primary N) is 1. The number of nitrogens with zero attached hydrogens (tertiary/aromatic N) is 3. The van der Waals surface area contributed by atoms with E-state index >= 15 is 0 Å². The van der Waals surface area contributed by atoms with Gasteiger partial charge in [-0.2, -0.15) is 0 Å². The van der Waals surface area contributed by atoms with E-state index in [9.17, 15) is 43.5 Å². The van der Waals surface area contributed by atoms with Gasteiger partial charge in [-0.1, -0.05) is 44.2 Å². The molecular formula is C41H58N10O9. The van der Waals surface area contributed by atoms with E-state index in [0.717, 1.165) is 12.0 Å². The van der Waals surface area contributed by atoms with E-state index in [1.54, 1.807) is 0 Å². The summed E-state index contributed by atoms with van der Waals surface area (Å²) in [6.45, 7) is 4.82. The molecule has 3 aliphatic rings. The molecule has 0 bridgehead atoms. The second-order valence-corrected chi connectivity index (χ2v) is 16.2. The molecule has 7 amide bonds. The monoisotopic (exact) mass is 834 g/mol. The number of amides is 7. The number of benzene rings is 1. The Balaban J connectivity index is 1.28. The fraction of sp³-hybridized carbons (Fsp3) is 0.585. The molecule has 3 saturated heterocycles. The molecule has 2 aromatic rings. The van der Waals surface area contributed by atoms with Crippen LogP contribution in [0.4, 0.5) is 0 Å². The number of aromatic nitrogens is 2. The van der Waals surface area contributed by atoms with E-state index < -0.39 is 83.7 Å². The third-order valence-electron chi connectivity index (χ3n) is 11.2. The van der Waals surface area contributed by atoms with Gasteiger partial charge in [-0.05, 0) is 69.4 Å². The molecule has 3 fully saturated rings. The van der Waals surface area contributed by atoms with Crippen molar-refractivity contribution in [2.45, 2.75) is 127 Å². The number of carbonyl (C=O) groups is 8. The van der Waals surface area contributed by atoms with Gasteiger partial charge < -0.3 is 52.2 Å². The average Bonchev–Trinajstić information content (AvgIpc) is 4.06. The van der Waals surface area contributed by atoms with Crippen molar-refractivity contribution < 1.29 is 43.5 Å². The average molecular weight is 835 g/mol. The standard InChI is InChI=1S/C41H58N10O9/c1-24(2)19-29(47-37(55)32-12-8-18-51(32)40(58)30(20-25-9-4-3-5-10-25)48-35(53)27-11-6-16-44-27)36(54)46-28(14-15-34(42)52)39(57)50-17-7-13-33(50)38(56)49-31(41(59)60)21-26-22-43-23-45-26/h3-5,9-10,22-24,27-33,44H,6-8,11-21H2,1-2H3,(H2,42,52)(H,43,45)(H,46,54)(H,47,55)(H,48,53)(H,49,56)(H,59,60)/t27-,28-,29-,30-,31-,32-,33-/m0/s1. The van der Waals surface area contributed by atoms with Gasteiger partial charge in [0.1, 0.15) is 36.3 Å². The van der Waals surface area contributed by atoms with Crippen LogP contribution in [0, 0.1) is 5.92 Å². The topological polar surface area (TPSA) is 278 Å². The van der Waals surface area contributed by atoms with Crippen LogP contribution in [0.3, 0.4) is 0 Å². The highest BCUT2D eigenvalue weighted by Crippen LogP contribution is 2.23. The molecule has 19 heteroatoms. The van der Waals surface area contributed by atoms with Gasteiger partial charge in [-0.3, -0.25) is 33.6 Å². The minimum absolute atomic E-state index is 0.0960. The number of aromatic amines is 1. The normalized spacial score (nSPS) is 20.8. The zero-order valence-corrected chi connectivity index (χ0v) is 34.2. The number of rotatable bonds is 20. The summed E-state index contributed by atoms with van der Waals surface area (Å²) in [7, 11) is 0. The number of hydrogen-bond donors (Lipinski definition) is 8. The highest BCUT2D eigenvalue weighted by Gasteiger charge is 2.42. The molecule has 326 valence electrons. The number of carboxylic acids is 1. The van der Waals surface area contributed by atoms with Crippen LogP contribution in [0.1, 0.15) is 82.9 Å². The van der Waals surface area contributed by atoms with E-state index in [1.165, 1.54) is 22.3 Å². The summed E-state index contributed by atoms with van der Waals surface area (Å²) in [4.78, 5) is 117. The Morgan fingerprint density at radius 2 is 1.40 bits per heavy atom. The predicted octanol–water partition coefficient (Wildman–Crippen LogP) is -0.736. The SMILES string of the molecule is CC(C)C[C@H](NC(=O)[C@@H]1CCCN1C(=O)[C@H](Cc1ccccc1)NC(=O)[C@@H]1CCCN1)C(=O)N[C@@H](CCC(N)=O)C(=O)N1CCC[C@H]1C(=O)N[C@@H](Cc1c[nH]cn1)C(=O)O. The molecule has 0 aliphatic carbocycles. The van der Waals surface area contributed by atoms with Crippen LogP contribution in [0.2, 0.25) is 0 Å². The molecule has 19 nitrogen and oxygen atoms in total. The molecule has 5 rings (SSSR count). The summed E-state index contributed by atoms with van der Waals surface area (Å²) in [5.74, 6) is -5.44. The number of H-pyrrole nitrogens is 1. The molecule has 0 unspecified atom stereocenters. The van der Waals surface area contributed by atoms with Gasteiger partial charge in [0.2, 0.25) is 41.4 Å². The number of carboxylic acid groups (broad SMARTS) is 1. The Kier molecular flexibility index (Phi) is 16.1. The maximum Gasteiger partial charge on any atom is 0.326 e. The minimum Gasteiger partial charge on any atom is -0.480 e. The fourth-order valence-corrected chi connectivity index (χ4v) is 8.10. The zero-order valence-electron chi connectivity index (χ0n) is 34.2. The van der Waals surface area contributed by atoms with Gasteiger partial charge in [0.05, 0.1) is 18.1 Å². The number of aliphatic carboxylic acids is 1. The van der Waals surface area contributed by atoms with Crippen molar-refractivity contribution in [3.8, 4) is 0 Å². The van der Waals surface area contributed by atoms with Crippen LogP contribution in [-0.4, -0.2) is 134 Å². The van der Waals surface area contributed by atoms with Gasteiger partial charge in [0, 0.05) is 38.5 Å². The van der Waals surface area contributed by atoms with E-state index in [0.29, 0.717) is 37.9 Å². The lowest BCUT2D eigenvalue weighted by Crippen LogP contribution is -2.59. The second-order valence-electron chi connectivity index (χ2n) is 16.2. The summed E-state index contributed by atoms with van der Waals surface area (Å²) in [6.07, 6.45) is 5.71. The first-order valence-electron chi connectivity index (χ1n) is 20.8. The number of nitrogens with one attached hydrogen (secondary N) is 6. The number of imidazole rings is 1. The lowest BCUT2D eigenvalue weighted by Gasteiger charge is -2.32. The van der Waals surface area contributed by atoms with Crippen LogP contribution in [0.15, 0.2) is 42.9 Å². The van der Waals surface area contributed by atoms with Crippen molar-refractivity contribution >= 4 is 47.3 Å². The molecular weight excluding hydrogens is 777 g/mol. The van der Waals surface area contributed by atoms with Gasteiger partial charge in [-0.15, -0.1) is 0 Å². The highest BCUT2D eigenvalue weighted by atomic mass is 16.4. The first-order chi connectivity index (χ1) is 28.7. The van der Waals surface area contributed by atoms with Crippen LogP contribution >= 0.6 is 0 Å². The maximum atomic E-state index is 14.2. The van der Waals surface area contributed by atoms with E-state index in [1.807, 2.05) is 44.2 Å². The number of likely N-dealkylation sites (tertiary alicyclic amines) is 2. The quantitative estimate of drug-likeness (QED) is 0.0823. The number of carbonyl (C=O) groups excluding carboxylic acids is 7. The summed E-state index contributed by atoms with van der Waals surface area (Å²) in [5, 5.41) is 23.9. The van der Waals surface area contributed by atoms with Crippen molar-refractivity contribution in [2.24, 2.45) is 11.7 Å². The number of primary amides is 1. The first-order valence-corrected chi connectivity index (χ1v) is 20.8. The third kappa shape index (κ3) is 12.3. The van der Waals surface area contributed by atoms with Gasteiger partial charge in [-0.25, -0.2) is 9.78 Å². The van der Waals surface area contributed by atoms with E-state index in [-0.39, 0.29) is 63.4 Å². The van der Waals surface area contributed by atoms with Crippen LogP contribution in [-0.2, 0) is 51.2 Å². The lowest BCUT2D eigenvalue weighted by atomic mass is 10.0. The number of hydrogen-bond acceptors (Lipinski definition) is 10. The molecule has 1 aromatic carbocycles. The minimum atomic E-state index is -1.32. The third-order valence-corrected chi connectivity index (χ3v) is 11.2. The van der Waals surface area contributed by atoms with Crippen molar-refractivity contribution in [3.05, 3.63) is 54.1 Å². The second kappa shape index (κ2) is 21.4. The zero-order chi connectivity index (χ0) is 43.3. The summed E-state index contributed by atoms with van der Waals surface area (Å²) < 4.78 is 0. The van der Waals surface area contributed by atoms with Gasteiger partial charge >= 0.3 is 5.97 Å². The molecule has 3 aliphatic heterocycles. The molecule has 1 aromatic heterocycles. The smallest absolute Gasteiger partial charge is 0.326 e. The molecule has 4 heterocycles. The van der Waals surface area contributed by atoms with Crippen LogP contribution in [0.25, 0.3) is 0 Å². The molecule has 0 spiro atoms. The largest absolute Gasteiger partial charge is 0.480 e. The first kappa shape index (κ1) is 45.2. The highest BCUT2D eigenvalue weighted by molar-refractivity contribution is 5.97. The van der Waals surface area contributed by atoms with Crippen molar-refractivity contribution in [1.82, 2.24) is 46.4 Å². The van der Waals surface area contributed by atoms with Crippen molar-refractivity contribution in [3.63, 3.8) is 0 Å². The summed E-state index contributed by atoms with van der Waals surface area (Å²) in [5.41, 5.74) is 6.69. The van der Waals surface area contributed by atoms with E-state index in [2.05, 4.69) is 36.6 Å². The Morgan fingerprint density at radius 1 is 0.783 bits per heavy atom. The molecule has 0 radical (unpaired) electrons. The van der Waals surface area contributed by atoms with Gasteiger partial charge in [0.15, 0.2) is 0 Å². The summed E-state index contributed by atoms with van der Waals surface area (Å²) in [6, 6.07) is 2.15. The molecule has 60 heavy (non-hydrogen) atoms. The predicted molar refractivity (Wildman–Crippen MR) is 216 cm³/mol. The van der Waals surface area contributed by atoms with Crippen molar-refractivity contribution in [2.75, 3.05) is 19.6 Å². The lowest BCUT2D eigenvalue weighted by molar-refractivity contribution is -0.145. The molecule has 7 atom stereocenters. The van der Waals surface area contributed by atoms with Crippen molar-refractivity contribution in [1.29, 1.82) is 0 Å². The molecule has 9 N–H and O–H groups in total. The Bertz CT molecular complexity index is 1840. The molecule has 0 saturated carbocycles. The Labute approximate surface area is 348 Å². The fourth-order valence-electron chi connectivity index (χ4n) is 8.10. The van der Waals surface area contributed by atoms with E-state index in [4.69, 9.17) is 5.73 Å². The summed E-state index contributed by atoms with van der Waals surface area (Å²) >= 11 is 0. The van der Waals surface area contributed by atoms with Crippen LogP contribution in [0.5, 0.6) is 0 Å². The Hall–Kier alpha value is -5.85. The maximum absolute atomic E-state index is 14.2. The van der Waals surface area contributed by atoms with Crippen LogP contribution < -0.4 is 32.3 Å². The Morgan fingerprint density at radius 3 is 1.95 bits per heavy atom. The van der Waals surface area contributed by atoms with Gasteiger partial charge in [0.25, 0.3) is 0 Å².